The Hall–Kier alpha value is -0.930. The zero-order valence-corrected chi connectivity index (χ0v) is 10.9. The molecule has 96 valence electrons. The molecule has 0 saturated carbocycles. The van der Waals surface area contributed by atoms with E-state index in [9.17, 15) is 4.39 Å². The average Bonchev–Trinajstić information content (AvgIpc) is 2.27. The van der Waals surface area contributed by atoms with E-state index in [1.807, 2.05) is 12.1 Å². The van der Waals surface area contributed by atoms with Gasteiger partial charge in [0, 0.05) is 19.7 Å². The summed E-state index contributed by atoms with van der Waals surface area (Å²) in [6, 6.07) is 5.33. The number of nitrogens with one attached hydrogen (secondary N) is 1. The first-order valence-corrected chi connectivity index (χ1v) is 6.13. The summed E-state index contributed by atoms with van der Waals surface area (Å²) in [5.74, 6) is 0.432. The van der Waals surface area contributed by atoms with Gasteiger partial charge in [-0.3, -0.25) is 0 Å². The molecule has 0 atom stereocenters. The van der Waals surface area contributed by atoms with Crippen LogP contribution in [0.3, 0.4) is 0 Å². The Labute approximate surface area is 103 Å². The Morgan fingerprint density at radius 3 is 2.76 bits per heavy atom. The Balaban J connectivity index is 2.16. The van der Waals surface area contributed by atoms with Gasteiger partial charge < -0.3 is 10.1 Å². The molecule has 1 aromatic rings. The summed E-state index contributed by atoms with van der Waals surface area (Å²) in [4.78, 5) is 0. The fraction of sp³-hybridized carbons (Fsp3) is 0.571. The smallest absolute Gasteiger partial charge is 0.126 e. The van der Waals surface area contributed by atoms with Crippen molar-refractivity contribution in [1.29, 1.82) is 0 Å². The third-order valence-corrected chi connectivity index (χ3v) is 2.44. The van der Waals surface area contributed by atoms with Crippen LogP contribution < -0.4 is 5.32 Å². The van der Waals surface area contributed by atoms with Crippen molar-refractivity contribution in [1.82, 2.24) is 5.32 Å². The molecule has 0 saturated heterocycles. The predicted molar refractivity (Wildman–Crippen MR) is 68.5 cm³/mol. The van der Waals surface area contributed by atoms with Crippen molar-refractivity contribution >= 4 is 0 Å². The molecule has 0 unspecified atom stereocenters. The fourth-order valence-corrected chi connectivity index (χ4v) is 1.44. The van der Waals surface area contributed by atoms with Gasteiger partial charge in [-0.25, -0.2) is 4.39 Å². The van der Waals surface area contributed by atoms with E-state index in [1.54, 1.807) is 13.0 Å². The van der Waals surface area contributed by atoms with Crippen LogP contribution in [0.25, 0.3) is 0 Å². The number of benzene rings is 1. The van der Waals surface area contributed by atoms with Crippen LogP contribution in [-0.4, -0.2) is 19.8 Å². The minimum absolute atomic E-state index is 0.139. The minimum atomic E-state index is -0.139. The van der Waals surface area contributed by atoms with Crippen LogP contribution in [0.5, 0.6) is 0 Å². The molecular weight excluding hydrogens is 217 g/mol. The van der Waals surface area contributed by atoms with Gasteiger partial charge in [-0.15, -0.1) is 0 Å². The lowest BCUT2D eigenvalue weighted by molar-refractivity contribution is 0.111. The van der Waals surface area contributed by atoms with E-state index in [-0.39, 0.29) is 5.82 Å². The van der Waals surface area contributed by atoms with Crippen molar-refractivity contribution in [2.24, 2.45) is 5.92 Å². The van der Waals surface area contributed by atoms with Gasteiger partial charge in [0.1, 0.15) is 5.82 Å². The van der Waals surface area contributed by atoms with Crippen molar-refractivity contribution in [3.8, 4) is 0 Å². The molecule has 1 N–H and O–H groups in total. The largest absolute Gasteiger partial charge is 0.380 e. The summed E-state index contributed by atoms with van der Waals surface area (Å²) in [6.45, 7) is 9.00. The standard InChI is InChI=1S/C14H22FNO/c1-11(2)10-17-7-6-16-9-13-5-4-12(3)14(15)8-13/h4-5,8,11,16H,6-7,9-10H2,1-3H3. The highest BCUT2D eigenvalue weighted by Crippen LogP contribution is 2.08. The summed E-state index contributed by atoms with van der Waals surface area (Å²) < 4.78 is 18.7. The molecule has 0 heterocycles. The quantitative estimate of drug-likeness (QED) is 0.739. The molecule has 0 aliphatic heterocycles. The molecule has 0 amide bonds. The highest BCUT2D eigenvalue weighted by Gasteiger charge is 1.99. The van der Waals surface area contributed by atoms with E-state index in [0.29, 0.717) is 24.6 Å². The number of hydrogen-bond donors (Lipinski definition) is 1. The number of hydrogen-bond acceptors (Lipinski definition) is 2. The molecular formula is C14H22FNO. The number of halogens is 1. The van der Waals surface area contributed by atoms with Crippen LogP contribution in [0, 0.1) is 18.7 Å². The van der Waals surface area contributed by atoms with Crippen LogP contribution in [-0.2, 0) is 11.3 Å². The normalized spacial score (nSPS) is 11.1. The topological polar surface area (TPSA) is 21.3 Å². The van der Waals surface area contributed by atoms with Gasteiger partial charge in [-0.2, -0.15) is 0 Å². The van der Waals surface area contributed by atoms with Crippen molar-refractivity contribution < 1.29 is 9.13 Å². The number of ether oxygens (including phenoxy) is 1. The van der Waals surface area contributed by atoms with E-state index in [0.717, 1.165) is 18.7 Å². The maximum atomic E-state index is 13.2. The SMILES string of the molecule is Cc1ccc(CNCCOCC(C)C)cc1F. The van der Waals surface area contributed by atoms with Gasteiger partial charge in [-0.05, 0) is 30.0 Å². The fourth-order valence-electron chi connectivity index (χ4n) is 1.44. The lowest BCUT2D eigenvalue weighted by atomic mass is 10.1. The van der Waals surface area contributed by atoms with Gasteiger partial charge in [0.2, 0.25) is 0 Å². The highest BCUT2D eigenvalue weighted by atomic mass is 19.1. The van der Waals surface area contributed by atoms with Gasteiger partial charge in [0.15, 0.2) is 0 Å². The second-order valence-corrected chi connectivity index (χ2v) is 4.73. The van der Waals surface area contributed by atoms with E-state index in [4.69, 9.17) is 4.74 Å². The summed E-state index contributed by atoms with van der Waals surface area (Å²) in [6.07, 6.45) is 0. The second kappa shape index (κ2) is 7.41. The van der Waals surface area contributed by atoms with Crippen molar-refractivity contribution in [3.05, 3.63) is 35.1 Å². The Morgan fingerprint density at radius 1 is 1.35 bits per heavy atom. The maximum Gasteiger partial charge on any atom is 0.126 e. The summed E-state index contributed by atoms with van der Waals surface area (Å²) >= 11 is 0. The van der Waals surface area contributed by atoms with Crippen LogP contribution in [0.15, 0.2) is 18.2 Å². The molecule has 0 aliphatic rings. The zero-order valence-electron chi connectivity index (χ0n) is 10.9. The van der Waals surface area contributed by atoms with Crippen molar-refractivity contribution in [2.45, 2.75) is 27.3 Å². The summed E-state index contributed by atoms with van der Waals surface area (Å²) in [7, 11) is 0. The van der Waals surface area contributed by atoms with Crippen LogP contribution in [0.4, 0.5) is 4.39 Å². The van der Waals surface area contributed by atoms with Crippen LogP contribution in [0.2, 0.25) is 0 Å². The highest BCUT2D eigenvalue weighted by molar-refractivity contribution is 5.23. The van der Waals surface area contributed by atoms with Crippen LogP contribution in [0.1, 0.15) is 25.0 Å². The third kappa shape index (κ3) is 5.80. The summed E-state index contributed by atoms with van der Waals surface area (Å²) in [5.41, 5.74) is 1.66. The lowest BCUT2D eigenvalue weighted by Gasteiger charge is -2.08. The second-order valence-electron chi connectivity index (χ2n) is 4.73. The van der Waals surface area contributed by atoms with E-state index in [1.165, 1.54) is 0 Å². The van der Waals surface area contributed by atoms with Gasteiger partial charge >= 0.3 is 0 Å². The molecule has 1 rings (SSSR count). The minimum Gasteiger partial charge on any atom is -0.380 e. The molecule has 1 aromatic carbocycles. The first kappa shape index (κ1) is 14.1. The Bertz CT molecular complexity index is 339. The van der Waals surface area contributed by atoms with E-state index < -0.39 is 0 Å². The van der Waals surface area contributed by atoms with Crippen molar-refractivity contribution in [2.75, 3.05) is 19.8 Å². The summed E-state index contributed by atoms with van der Waals surface area (Å²) in [5, 5.41) is 3.23. The molecule has 0 aromatic heterocycles. The zero-order chi connectivity index (χ0) is 12.7. The molecule has 0 fully saturated rings. The third-order valence-electron chi connectivity index (χ3n) is 2.44. The average molecular weight is 239 g/mol. The van der Waals surface area contributed by atoms with Crippen molar-refractivity contribution in [3.63, 3.8) is 0 Å². The molecule has 3 heteroatoms. The first-order valence-electron chi connectivity index (χ1n) is 6.13. The molecule has 17 heavy (non-hydrogen) atoms. The molecule has 0 radical (unpaired) electrons. The van der Waals surface area contributed by atoms with E-state index >= 15 is 0 Å². The maximum absolute atomic E-state index is 13.2. The monoisotopic (exact) mass is 239 g/mol. The number of rotatable bonds is 7. The van der Waals surface area contributed by atoms with Gasteiger partial charge in [0.25, 0.3) is 0 Å². The molecule has 0 bridgehead atoms. The lowest BCUT2D eigenvalue weighted by Crippen LogP contribution is -2.20. The van der Waals surface area contributed by atoms with E-state index in [2.05, 4.69) is 19.2 Å². The van der Waals surface area contributed by atoms with Crippen LogP contribution >= 0.6 is 0 Å². The Kier molecular flexibility index (Phi) is 6.16. The predicted octanol–water partition coefficient (Wildman–Crippen LogP) is 2.90. The Morgan fingerprint density at radius 2 is 2.12 bits per heavy atom. The van der Waals surface area contributed by atoms with Gasteiger partial charge in [0.05, 0.1) is 6.61 Å². The molecule has 0 spiro atoms. The first-order chi connectivity index (χ1) is 8.09. The van der Waals surface area contributed by atoms with Gasteiger partial charge in [-0.1, -0.05) is 26.0 Å². The molecule has 2 nitrogen and oxygen atoms in total. The molecule has 0 aliphatic carbocycles. The number of aryl methyl sites for hydroxylation is 1.